The SMILES string of the molecule is COc1cccc(C2c3[nH]c4ccccc4c3Cc3c(O)n(-c4ccccc4)c(=S)n32)c1. The van der Waals surface area contributed by atoms with Crippen molar-refractivity contribution in [1.82, 2.24) is 14.1 Å². The molecule has 0 radical (unpaired) electrons. The second-order valence-electron chi connectivity index (χ2n) is 8.01. The Morgan fingerprint density at radius 2 is 1.78 bits per heavy atom. The molecular formula is C26H21N3O2S. The zero-order valence-electron chi connectivity index (χ0n) is 17.4. The van der Waals surface area contributed by atoms with Crippen LogP contribution < -0.4 is 4.74 Å². The molecule has 1 atom stereocenters. The summed E-state index contributed by atoms with van der Waals surface area (Å²) in [5.41, 5.74) is 6.05. The number of fused-ring (bicyclic) bond motifs is 4. The molecule has 1 unspecified atom stereocenters. The highest BCUT2D eigenvalue weighted by atomic mass is 32.1. The molecule has 0 spiro atoms. The number of rotatable bonds is 3. The van der Waals surface area contributed by atoms with E-state index in [2.05, 4.69) is 27.8 Å². The number of aromatic hydroxyl groups is 1. The van der Waals surface area contributed by atoms with Crippen molar-refractivity contribution >= 4 is 23.1 Å². The fraction of sp³-hybridized carbons (Fsp3) is 0.115. The minimum absolute atomic E-state index is 0.185. The summed E-state index contributed by atoms with van der Waals surface area (Å²) in [6.07, 6.45) is 0.592. The zero-order valence-corrected chi connectivity index (χ0v) is 18.3. The van der Waals surface area contributed by atoms with E-state index < -0.39 is 0 Å². The van der Waals surface area contributed by atoms with Gasteiger partial charge in [0.05, 0.1) is 18.5 Å². The van der Waals surface area contributed by atoms with Crippen molar-refractivity contribution in [2.24, 2.45) is 0 Å². The molecule has 32 heavy (non-hydrogen) atoms. The van der Waals surface area contributed by atoms with Gasteiger partial charge in [0.2, 0.25) is 5.88 Å². The number of aromatic nitrogens is 3. The van der Waals surface area contributed by atoms with Crippen LogP contribution in [0.5, 0.6) is 11.6 Å². The van der Waals surface area contributed by atoms with Gasteiger partial charge in [-0.05, 0) is 53.7 Å². The van der Waals surface area contributed by atoms with Gasteiger partial charge in [-0.2, -0.15) is 0 Å². The van der Waals surface area contributed by atoms with Crippen molar-refractivity contribution in [1.29, 1.82) is 0 Å². The first kappa shape index (κ1) is 19.0. The summed E-state index contributed by atoms with van der Waals surface area (Å²) < 4.78 is 9.89. The second kappa shape index (κ2) is 7.14. The Balaban J connectivity index is 1.68. The van der Waals surface area contributed by atoms with E-state index in [1.165, 1.54) is 10.9 Å². The molecule has 5 nitrogen and oxygen atoms in total. The third-order valence-electron chi connectivity index (χ3n) is 6.30. The first-order valence-electron chi connectivity index (χ1n) is 10.5. The van der Waals surface area contributed by atoms with Crippen LogP contribution in [-0.2, 0) is 6.42 Å². The molecule has 0 bridgehead atoms. The summed E-state index contributed by atoms with van der Waals surface area (Å²) in [7, 11) is 1.67. The molecule has 158 valence electrons. The molecule has 5 aromatic rings. The predicted molar refractivity (Wildman–Crippen MR) is 128 cm³/mol. The third kappa shape index (κ3) is 2.66. The smallest absolute Gasteiger partial charge is 0.218 e. The number of ether oxygens (including phenoxy) is 1. The lowest BCUT2D eigenvalue weighted by atomic mass is 9.93. The highest BCUT2D eigenvalue weighted by molar-refractivity contribution is 7.71. The number of aromatic amines is 1. The number of benzene rings is 3. The molecule has 2 aromatic heterocycles. The van der Waals surface area contributed by atoms with Crippen molar-refractivity contribution < 1.29 is 9.84 Å². The number of para-hydroxylation sites is 2. The lowest BCUT2D eigenvalue weighted by Crippen LogP contribution is -2.21. The average Bonchev–Trinajstić information content (AvgIpc) is 3.33. The van der Waals surface area contributed by atoms with E-state index >= 15 is 0 Å². The van der Waals surface area contributed by atoms with Gasteiger partial charge >= 0.3 is 0 Å². The van der Waals surface area contributed by atoms with Crippen molar-refractivity contribution in [3.8, 4) is 17.3 Å². The third-order valence-corrected chi connectivity index (χ3v) is 6.68. The average molecular weight is 440 g/mol. The molecular weight excluding hydrogens is 418 g/mol. The van der Waals surface area contributed by atoms with E-state index in [9.17, 15) is 5.11 Å². The summed E-state index contributed by atoms with van der Waals surface area (Å²) in [6, 6.07) is 25.9. The van der Waals surface area contributed by atoms with Crippen LogP contribution in [0.2, 0.25) is 0 Å². The van der Waals surface area contributed by atoms with Gasteiger partial charge < -0.3 is 19.4 Å². The van der Waals surface area contributed by atoms with Crippen LogP contribution in [0, 0.1) is 4.77 Å². The molecule has 6 heteroatoms. The molecule has 0 fully saturated rings. The Morgan fingerprint density at radius 3 is 2.59 bits per heavy atom. The van der Waals surface area contributed by atoms with E-state index in [0.29, 0.717) is 11.2 Å². The zero-order chi connectivity index (χ0) is 21.8. The van der Waals surface area contributed by atoms with E-state index in [1.54, 1.807) is 11.7 Å². The van der Waals surface area contributed by atoms with Crippen LogP contribution in [0.4, 0.5) is 0 Å². The standard InChI is InChI=1S/C26H21N3O2S/c1-31-18-11-7-8-16(14-18)24-23-20(19-12-5-6-13-21(19)27-23)15-22-25(30)28(26(32)29(22)24)17-9-3-2-4-10-17/h2-14,24,27,30H,15H2,1H3. The maximum atomic E-state index is 11.4. The van der Waals surface area contributed by atoms with E-state index in [1.807, 2.05) is 60.7 Å². The van der Waals surface area contributed by atoms with Crippen LogP contribution in [-0.4, -0.2) is 26.3 Å². The molecule has 0 aliphatic carbocycles. The number of nitrogens with one attached hydrogen (secondary N) is 1. The molecule has 2 N–H and O–H groups in total. The van der Waals surface area contributed by atoms with Crippen LogP contribution in [0.25, 0.3) is 16.6 Å². The molecule has 0 amide bonds. The Kier molecular flexibility index (Phi) is 4.23. The van der Waals surface area contributed by atoms with Gasteiger partial charge in [0.25, 0.3) is 0 Å². The molecule has 1 aliphatic rings. The highest BCUT2D eigenvalue weighted by Gasteiger charge is 2.34. The second-order valence-corrected chi connectivity index (χ2v) is 8.38. The number of hydrogen-bond donors (Lipinski definition) is 2. The normalized spacial score (nSPS) is 14.8. The maximum absolute atomic E-state index is 11.4. The minimum atomic E-state index is -0.209. The van der Waals surface area contributed by atoms with Gasteiger partial charge in [0.1, 0.15) is 11.8 Å². The summed E-state index contributed by atoms with van der Waals surface area (Å²) in [5.74, 6) is 0.968. The highest BCUT2D eigenvalue weighted by Crippen LogP contribution is 2.43. The largest absolute Gasteiger partial charge is 0.497 e. The van der Waals surface area contributed by atoms with Gasteiger partial charge in [-0.15, -0.1) is 0 Å². The van der Waals surface area contributed by atoms with Crippen LogP contribution in [0.3, 0.4) is 0 Å². The molecule has 0 saturated carbocycles. The lowest BCUT2D eigenvalue weighted by Gasteiger charge is -2.27. The Hall–Kier alpha value is -3.77. The van der Waals surface area contributed by atoms with Crippen LogP contribution in [0.15, 0.2) is 78.9 Å². The Labute approximate surface area is 190 Å². The van der Waals surface area contributed by atoms with E-state index in [4.69, 9.17) is 17.0 Å². The van der Waals surface area contributed by atoms with Gasteiger partial charge in [-0.1, -0.05) is 48.5 Å². The number of methoxy groups -OCH3 is 1. The van der Waals surface area contributed by atoms with Gasteiger partial charge in [0, 0.05) is 23.0 Å². The van der Waals surface area contributed by atoms with Crippen molar-refractivity contribution in [3.63, 3.8) is 0 Å². The van der Waals surface area contributed by atoms with Crippen molar-refractivity contribution in [2.75, 3.05) is 7.11 Å². The summed E-state index contributed by atoms with van der Waals surface area (Å²) in [5, 5.41) is 12.5. The summed E-state index contributed by atoms with van der Waals surface area (Å²) in [4.78, 5) is 3.64. The first-order chi connectivity index (χ1) is 15.7. The number of nitrogens with zero attached hydrogens (tertiary/aromatic N) is 2. The summed E-state index contributed by atoms with van der Waals surface area (Å²) >= 11 is 5.95. The number of H-pyrrole nitrogens is 1. The van der Waals surface area contributed by atoms with Gasteiger partial charge in [-0.25, -0.2) is 0 Å². The number of hydrogen-bond acceptors (Lipinski definition) is 3. The van der Waals surface area contributed by atoms with Gasteiger partial charge in [0.15, 0.2) is 4.77 Å². The first-order valence-corrected chi connectivity index (χ1v) is 10.9. The molecule has 0 saturated heterocycles. The van der Waals surface area contributed by atoms with Crippen molar-refractivity contribution in [3.05, 3.63) is 106 Å². The molecule has 3 heterocycles. The monoisotopic (exact) mass is 439 g/mol. The fourth-order valence-corrected chi connectivity index (χ4v) is 5.27. The van der Waals surface area contributed by atoms with Gasteiger partial charge in [-0.3, -0.25) is 4.57 Å². The molecule has 6 rings (SSSR count). The predicted octanol–water partition coefficient (Wildman–Crippen LogP) is 5.75. The van der Waals surface area contributed by atoms with Crippen LogP contribution in [0.1, 0.15) is 28.6 Å². The Morgan fingerprint density at radius 1 is 1.00 bits per heavy atom. The van der Waals surface area contributed by atoms with Crippen LogP contribution >= 0.6 is 12.2 Å². The van der Waals surface area contributed by atoms with Crippen molar-refractivity contribution in [2.45, 2.75) is 12.5 Å². The Bertz CT molecular complexity index is 1530. The maximum Gasteiger partial charge on any atom is 0.218 e. The fourth-order valence-electron chi connectivity index (χ4n) is 4.86. The van der Waals surface area contributed by atoms with E-state index in [0.717, 1.165) is 33.9 Å². The molecule has 1 aliphatic heterocycles. The summed E-state index contributed by atoms with van der Waals surface area (Å²) in [6.45, 7) is 0. The molecule has 3 aromatic carbocycles. The quantitative estimate of drug-likeness (QED) is 0.346. The number of imidazole rings is 1. The lowest BCUT2D eigenvalue weighted by molar-refractivity contribution is 0.413. The minimum Gasteiger partial charge on any atom is -0.497 e. The van der Waals surface area contributed by atoms with E-state index in [-0.39, 0.29) is 11.9 Å². The topological polar surface area (TPSA) is 55.1 Å².